The number of carbonyl (C=O) groups is 1. The number of carboxylic acids is 1. The number of benzene rings is 1. The number of hydrogen-bond donors (Lipinski definition) is 2. The molecule has 0 saturated carbocycles. The molecule has 2 atom stereocenters. The summed E-state index contributed by atoms with van der Waals surface area (Å²) < 4.78 is 5.18. The molecule has 17 heavy (non-hydrogen) atoms. The highest BCUT2D eigenvalue weighted by molar-refractivity contribution is 5.70. The fraction of sp³-hybridized carbons (Fsp3) is 0.462. The minimum atomic E-state index is -0.695. The lowest BCUT2D eigenvalue weighted by Crippen LogP contribution is -2.34. The monoisotopic (exact) mass is 235 g/mol. The first-order chi connectivity index (χ1) is 8.20. The van der Waals surface area contributed by atoms with E-state index in [1.807, 2.05) is 24.3 Å². The topological polar surface area (TPSA) is 58.6 Å². The van der Waals surface area contributed by atoms with Crippen molar-refractivity contribution in [2.75, 3.05) is 13.7 Å². The zero-order chi connectivity index (χ0) is 12.3. The maximum absolute atomic E-state index is 11.0. The number of nitrogens with one attached hydrogen (secondary N) is 1. The molecule has 0 spiro atoms. The highest BCUT2D eigenvalue weighted by Gasteiger charge is 2.27. The van der Waals surface area contributed by atoms with E-state index in [4.69, 9.17) is 9.84 Å². The van der Waals surface area contributed by atoms with Gasteiger partial charge in [-0.2, -0.15) is 0 Å². The van der Waals surface area contributed by atoms with Gasteiger partial charge in [-0.05, 0) is 37.1 Å². The number of methoxy groups -OCH3 is 1. The van der Waals surface area contributed by atoms with Crippen molar-refractivity contribution in [3.8, 4) is 5.75 Å². The van der Waals surface area contributed by atoms with Gasteiger partial charge in [-0.15, -0.1) is 0 Å². The van der Waals surface area contributed by atoms with Gasteiger partial charge in [0.05, 0.1) is 13.0 Å². The van der Waals surface area contributed by atoms with Gasteiger partial charge in [0.25, 0.3) is 0 Å². The van der Waals surface area contributed by atoms with Crippen LogP contribution in [-0.4, -0.2) is 24.7 Å². The van der Waals surface area contributed by atoms with Gasteiger partial charge in [0.15, 0.2) is 0 Å². The molecular formula is C13H17NO3. The van der Waals surface area contributed by atoms with Crippen molar-refractivity contribution in [3.05, 3.63) is 29.8 Å². The molecule has 0 aromatic heterocycles. The first-order valence-corrected chi connectivity index (χ1v) is 5.81. The van der Waals surface area contributed by atoms with E-state index in [0.717, 1.165) is 17.9 Å². The van der Waals surface area contributed by atoms with Crippen molar-refractivity contribution in [1.29, 1.82) is 0 Å². The van der Waals surface area contributed by atoms with Crippen molar-refractivity contribution >= 4 is 5.97 Å². The summed E-state index contributed by atoms with van der Waals surface area (Å²) in [5, 5.41) is 12.4. The Kier molecular flexibility index (Phi) is 3.64. The van der Waals surface area contributed by atoms with Crippen LogP contribution < -0.4 is 10.1 Å². The highest BCUT2D eigenvalue weighted by Crippen LogP contribution is 2.29. The Balaban J connectivity index is 2.13. The molecule has 0 bridgehead atoms. The zero-order valence-corrected chi connectivity index (χ0v) is 9.85. The fourth-order valence-corrected chi connectivity index (χ4v) is 2.25. The second-order valence-corrected chi connectivity index (χ2v) is 4.34. The number of aliphatic carboxylic acids is 1. The molecule has 1 aliphatic heterocycles. The molecule has 1 saturated heterocycles. The van der Waals surface area contributed by atoms with Crippen LogP contribution in [0, 0.1) is 5.92 Å². The molecule has 2 rings (SSSR count). The molecule has 4 heteroatoms. The highest BCUT2D eigenvalue weighted by atomic mass is 16.5. The van der Waals surface area contributed by atoms with Crippen LogP contribution in [0.25, 0.3) is 0 Å². The lowest BCUT2D eigenvalue weighted by Gasteiger charge is -2.28. The second kappa shape index (κ2) is 5.19. The Morgan fingerprint density at radius 2 is 2.35 bits per heavy atom. The lowest BCUT2D eigenvalue weighted by molar-refractivity contribution is -0.143. The Morgan fingerprint density at radius 1 is 1.53 bits per heavy atom. The van der Waals surface area contributed by atoms with Crippen LogP contribution >= 0.6 is 0 Å². The minimum Gasteiger partial charge on any atom is -0.497 e. The van der Waals surface area contributed by atoms with E-state index in [0.29, 0.717) is 12.8 Å². The summed E-state index contributed by atoms with van der Waals surface area (Å²) in [6.45, 7) is 0.749. The smallest absolute Gasteiger partial charge is 0.306 e. The second-order valence-electron chi connectivity index (χ2n) is 4.34. The molecule has 1 aromatic rings. The molecule has 1 aliphatic rings. The number of hydrogen-bond acceptors (Lipinski definition) is 3. The van der Waals surface area contributed by atoms with Crippen molar-refractivity contribution in [2.45, 2.75) is 18.9 Å². The van der Waals surface area contributed by atoms with Crippen LogP contribution in [0.1, 0.15) is 24.4 Å². The molecule has 0 radical (unpaired) electrons. The van der Waals surface area contributed by atoms with Crippen LogP contribution in [0.15, 0.2) is 24.3 Å². The van der Waals surface area contributed by atoms with Gasteiger partial charge in [-0.3, -0.25) is 4.79 Å². The summed E-state index contributed by atoms with van der Waals surface area (Å²) in [5.41, 5.74) is 1.09. The SMILES string of the molecule is COc1cccc(C2CC(C(=O)O)CCN2)c1. The van der Waals surface area contributed by atoms with Crippen molar-refractivity contribution in [2.24, 2.45) is 5.92 Å². The van der Waals surface area contributed by atoms with E-state index in [2.05, 4.69) is 5.32 Å². The van der Waals surface area contributed by atoms with Crippen molar-refractivity contribution in [1.82, 2.24) is 5.32 Å². The number of carboxylic acid groups (broad SMARTS) is 1. The van der Waals surface area contributed by atoms with E-state index in [1.165, 1.54) is 0 Å². The van der Waals surface area contributed by atoms with Crippen LogP contribution in [0.2, 0.25) is 0 Å². The van der Waals surface area contributed by atoms with E-state index in [-0.39, 0.29) is 12.0 Å². The summed E-state index contributed by atoms with van der Waals surface area (Å²) >= 11 is 0. The minimum absolute atomic E-state index is 0.111. The number of piperidine rings is 1. The van der Waals surface area contributed by atoms with Gasteiger partial charge in [-0.25, -0.2) is 0 Å². The third-order valence-electron chi connectivity index (χ3n) is 3.25. The van der Waals surface area contributed by atoms with E-state index in [9.17, 15) is 4.79 Å². The molecular weight excluding hydrogens is 218 g/mol. The third-order valence-corrected chi connectivity index (χ3v) is 3.25. The van der Waals surface area contributed by atoms with Gasteiger partial charge in [0, 0.05) is 6.04 Å². The number of rotatable bonds is 3. The Hall–Kier alpha value is -1.55. The van der Waals surface area contributed by atoms with Gasteiger partial charge in [0.2, 0.25) is 0 Å². The Labute approximate surface area is 101 Å². The summed E-state index contributed by atoms with van der Waals surface area (Å²) in [5.74, 6) is -0.131. The largest absolute Gasteiger partial charge is 0.497 e. The van der Waals surface area contributed by atoms with E-state index < -0.39 is 5.97 Å². The zero-order valence-electron chi connectivity index (χ0n) is 9.85. The molecule has 1 fully saturated rings. The van der Waals surface area contributed by atoms with Crippen LogP contribution in [-0.2, 0) is 4.79 Å². The van der Waals surface area contributed by atoms with Crippen molar-refractivity contribution in [3.63, 3.8) is 0 Å². The summed E-state index contributed by atoms with van der Waals surface area (Å²) in [7, 11) is 1.63. The number of ether oxygens (including phenoxy) is 1. The average Bonchev–Trinajstić information content (AvgIpc) is 2.39. The first kappa shape index (κ1) is 11.9. The Bertz CT molecular complexity index is 405. The van der Waals surface area contributed by atoms with E-state index >= 15 is 0 Å². The standard InChI is InChI=1S/C13H17NO3/c1-17-11-4-2-3-9(7-11)12-8-10(13(15)16)5-6-14-12/h2-4,7,10,12,14H,5-6,8H2,1H3,(H,15,16). The molecule has 1 aromatic carbocycles. The maximum atomic E-state index is 11.0. The van der Waals surface area contributed by atoms with Crippen LogP contribution in [0.4, 0.5) is 0 Å². The molecule has 2 N–H and O–H groups in total. The molecule has 4 nitrogen and oxygen atoms in total. The normalized spacial score (nSPS) is 24.3. The predicted octanol–water partition coefficient (Wildman–Crippen LogP) is 1.82. The van der Waals surface area contributed by atoms with Crippen molar-refractivity contribution < 1.29 is 14.6 Å². The lowest BCUT2D eigenvalue weighted by atomic mass is 9.89. The molecule has 0 amide bonds. The van der Waals surface area contributed by atoms with Crippen LogP contribution in [0.5, 0.6) is 5.75 Å². The van der Waals surface area contributed by atoms with E-state index in [1.54, 1.807) is 7.11 Å². The summed E-state index contributed by atoms with van der Waals surface area (Å²) in [6.07, 6.45) is 1.35. The van der Waals surface area contributed by atoms with Gasteiger partial charge >= 0.3 is 5.97 Å². The molecule has 92 valence electrons. The Morgan fingerprint density at radius 3 is 3.06 bits per heavy atom. The van der Waals surface area contributed by atoms with Crippen LogP contribution in [0.3, 0.4) is 0 Å². The third kappa shape index (κ3) is 2.77. The average molecular weight is 235 g/mol. The van der Waals surface area contributed by atoms with Gasteiger partial charge in [-0.1, -0.05) is 12.1 Å². The predicted molar refractivity (Wildman–Crippen MR) is 64.1 cm³/mol. The quantitative estimate of drug-likeness (QED) is 0.839. The maximum Gasteiger partial charge on any atom is 0.306 e. The summed E-state index contributed by atoms with van der Waals surface area (Å²) in [4.78, 5) is 11.0. The summed E-state index contributed by atoms with van der Waals surface area (Å²) in [6, 6.07) is 7.90. The first-order valence-electron chi connectivity index (χ1n) is 5.81. The molecule has 2 unspecified atom stereocenters. The fourth-order valence-electron chi connectivity index (χ4n) is 2.25. The van der Waals surface area contributed by atoms with Gasteiger partial charge < -0.3 is 15.2 Å². The van der Waals surface area contributed by atoms with Gasteiger partial charge in [0.1, 0.15) is 5.75 Å². The molecule has 0 aliphatic carbocycles. The molecule has 1 heterocycles.